The van der Waals surface area contributed by atoms with Gasteiger partial charge in [0, 0.05) is 18.3 Å². The van der Waals surface area contributed by atoms with Crippen molar-refractivity contribution in [2.45, 2.75) is 32.7 Å². The number of anilines is 1. The molecule has 0 spiro atoms. The summed E-state index contributed by atoms with van der Waals surface area (Å²) in [6.45, 7) is 4.55. The normalized spacial score (nSPS) is 12.5. The zero-order valence-corrected chi connectivity index (χ0v) is 8.96. The van der Waals surface area contributed by atoms with Gasteiger partial charge in [0.15, 0.2) is 0 Å². The van der Waals surface area contributed by atoms with Gasteiger partial charge in [-0.2, -0.15) is 0 Å². The fraction of sp³-hybridized carbons (Fsp3) is 0.500. The molecule has 1 aromatic carbocycles. The average Bonchev–Trinajstić information content (AvgIpc) is 2.21. The first-order valence-corrected chi connectivity index (χ1v) is 5.22. The number of aliphatic hydroxyl groups is 1. The SMILES string of the molecule is CC[C@@H](C)Nc1ccc(CCO)cc1. The third kappa shape index (κ3) is 3.38. The van der Waals surface area contributed by atoms with Crippen LogP contribution in [-0.2, 0) is 6.42 Å². The minimum absolute atomic E-state index is 0.220. The fourth-order valence-electron chi connectivity index (χ4n) is 1.28. The van der Waals surface area contributed by atoms with Gasteiger partial charge in [-0.3, -0.25) is 0 Å². The third-order valence-electron chi connectivity index (χ3n) is 2.38. The van der Waals surface area contributed by atoms with E-state index in [9.17, 15) is 0 Å². The monoisotopic (exact) mass is 193 g/mol. The lowest BCUT2D eigenvalue weighted by molar-refractivity contribution is 0.299. The van der Waals surface area contributed by atoms with Crippen LogP contribution in [0.3, 0.4) is 0 Å². The Morgan fingerprint density at radius 1 is 1.29 bits per heavy atom. The van der Waals surface area contributed by atoms with Crippen LogP contribution < -0.4 is 5.32 Å². The molecule has 0 amide bonds. The number of hydrogen-bond acceptors (Lipinski definition) is 2. The van der Waals surface area contributed by atoms with E-state index in [-0.39, 0.29) is 6.61 Å². The second-order valence-electron chi connectivity index (χ2n) is 3.62. The van der Waals surface area contributed by atoms with Gasteiger partial charge in [-0.25, -0.2) is 0 Å². The lowest BCUT2D eigenvalue weighted by Gasteiger charge is -2.13. The maximum Gasteiger partial charge on any atom is 0.0471 e. The molecule has 0 fully saturated rings. The number of aliphatic hydroxyl groups excluding tert-OH is 1. The molecule has 2 N–H and O–H groups in total. The Balaban J connectivity index is 2.54. The second-order valence-corrected chi connectivity index (χ2v) is 3.62. The summed E-state index contributed by atoms with van der Waals surface area (Å²) in [4.78, 5) is 0. The van der Waals surface area contributed by atoms with Gasteiger partial charge < -0.3 is 10.4 Å². The summed E-state index contributed by atoms with van der Waals surface area (Å²) in [6, 6.07) is 8.76. The zero-order valence-electron chi connectivity index (χ0n) is 8.96. The highest BCUT2D eigenvalue weighted by molar-refractivity contribution is 5.45. The first-order valence-electron chi connectivity index (χ1n) is 5.22. The van der Waals surface area contributed by atoms with Gasteiger partial charge in [-0.1, -0.05) is 19.1 Å². The van der Waals surface area contributed by atoms with Crippen LogP contribution >= 0.6 is 0 Å². The van der Waals surface area contributed by atoms with Crippen LogP contribution in [-0.4, -0.2) is 17.8 Å². The van der Waals surface area contributed by atoms with Crippen molar-refractivity contribution in [3.63, 3.8) is 0 Å². The summed E-state index contributed by atoms with van der Waals surface area (Å²) < 4.78 is 0. The standard InChI is InChI=1S/C12H19NO/c1-3-10(2)13-12-6-4-11(5-7-12)8-9-14/h4-7,10,13-14H,3,8-9H2,1-2H3/t10-/m1/s1. The quantitative estimate of drug-likeness (QED) is 0.752. The molecule has 1 aromatic rings. The van der Waals surface area contributed by atoms with E-state index in [0.29, 0.717) is 6.04 Å². The number of rotatable bonds is 5. The van der Waals surface area contributed by atoms with Crippen molar-refractivity contribution < 1.29 is 5.11 Å². The number of benzene rings is 1. The van der Waals surface area contributed by atoms with Gasteiger partial charge >= 0.3 is 0 Å². The van der Waals surface area contributed by atoms with E-state index >= 15 is 0 Å². The molecule has 0 bridgehead atoms. The van der Waals surface area contributed by atoms with Gasteiger partial charge in [0.2, 0.25) is 0 Å². The van der Waals surface area contributed by atoms with E-state index in [1.165, 1.54) is 5.56 Å². The Hall–Kier alpha value is -1.02. The van der Waals surface area contributed by atoms with Crippen molar-refractivity contribution in [3.05, 3.63) is 29.8 Å². The minimum Gasteiger partial charge on any atom is -0.396 e. The Labute approximate surface area is 86.0 Å². The smallest absolute Gasteiger partial charge is 0.0471 e. The van der Waals surface area contributed by atoms with Gasteiger partial charge in [0.05, 0.1) is 0 Å². The molecule has 0 saturated carbocycles. The molecular formula is C12H19NO. The summed E-state index contributed by atoms with van der Waals surface area (Å²) in [5, 5.41) is 12.2. The Bertz CT molecular complexity index is 256. The molecule has 0 radical (unpaired) electrons. The summed E-state index contributed by atoms with van der Waals surface area (Å²) in [5.74, 6) is 0. The molecule has 2 heteroatoms. The highest BCUT2D eigenvalue weighted by atomic mass is 16.2. The summed E-state index contributed by atoms with van der Waals surface area (Å²) in [7, 11) is 0. The Morgan fingerprint density at radius 3 is 2.43 bits per heavy atom. The Morgan fingerprint density at radius 2 is 1.93 bits per heavy atom. The molecule has 0 saturated heterocycles. The van der Waals surface area contributed by atoms with E-state index in [4.69, 9.17) is 5.11 Å². The first kappa shape index (κ1) is 11.1. The van der Waals surface area contributed by atoms with Gasteiger partial charge in [0.1, 0.15) is 0 Å². The van der Waals surface area contributed by atoms with Gasteiger partial charge in [0.25, 0.3) is 0 Å². The maximum atomic E-state index is 8.76. The van der Waals surface area contributed by atoms with Crippen molar-refractivity contribution >= 4 is 5.69 Å². The molecule has 1 atom stereocenters. The van der Waals surface area contributed by atoms with E-state index in [1.54, 1.807) is 0 Å². The largest absolute Gasteiger partial charge is 0.396 e. The van der Waals surface area contributed by atoms with E-state index in [1.807, 2.05) is 0 Å². The van der Waals surface area contributed by atoms with Crippen LogP contribution in [0.2, 0.25) is 0 Å². The van der Waals surface area contributed by atoms with E-state index in [0.717, 1.165) is 18.5 Å². The van der Waals surface area contributed by atoms with Crippen LogP contribution in [0, 0.1) is 0 Å². The molecule has 0 aliphatic rings. The van der Waals surface area contributed by atoms with Crippen LogP contribution in [0.15, 0.2) is 24.3 Å². The predicted octanol–water partition coefficient (Wildman–Crippen LogP) is 2.43. The molecule has 0 heterocycles. The maximum absolute atomic E-state index is 8.76. The fourth-order valence-corrected chi connectivity index (χ4v) is 1.28. The van der Waals surface area contributed by atoms with E-state index < -0.39 is 0 Å². The summed E-state index contributed by atoms with van der Waals surface area (Å²) >= 11 is 0. The van der Waals surface area contributed by atoms with E-state index in [2.05, 4.69) is 43.4 Å². The average molecular weight is 193 g/mol. The molecular weight excluding hydrogens is 174 g/mol. The molecule has 0 aromatic heterocycles. The lowest BCUT2D eigenvalue weighted by Crippen LogP contribution is -2.13. The number of hydrogen-bond donors (Lipinski definition) is 2. The predicted molar refractivity (Wildman–Crippen MR) is 60.6 cm³/mol. The van der Waals surface area contributed by atoms with Crippen molar-refractivity contribution in [3.8, 4) is 0 Å². The molecule has 78 valence electrons. The molecule has 1 rings (SSSR count). The van der Waals surface area contributed by atoms with Crippen LogP contribution in [0.25, 0.3) is 0 Å². The highest BCUT2D eigenvalue weighted by Crippen LogP contribution is 2.11. The molecule has 14 heavy (non-hydrogen) atoms. The minimum atomic E-state index is 0.220. The zero-order chi connectivity index (χ0) is 10.4. The molecule has 0 aliphatic heterocycles. The lowest BCUT2D eigenvalue weighted by atomic mass is 10.1. The van der Waals surface area contributed by atoms with Crippen molar-refractivity contribution in [2.24, 2.45) is 0 Å². The number of nitrogens with one attached hydrogen (secondary N) is 1. The molecule has 0 aliphatic carbocycles. The first-order chi connectivity index (χ1) is 6.76. The molecule has 0 unspecified atom stereocenters. The Kier molecular flexibility index (Phi) is 4.47. The summed E-state index contributed by atoms with van der Waals surface area (Å²) in [6.07, 6.45) is 1.86. The van der Waals surface area contributed by atoms with Gasteiger partial charge in [-0.05, 0) is 37.5 Å². The van der Waals surface area contributed by atoms with Gasteiger partial charge in [-0.15, -0.1) is 0 Å². The highest BCUT2D eigenvalue weighted by Gasteiger charge is 1.98. The van der Waals surface area contributed by atoms with Crippen LogP contribution in [0.1, 0.15) is 25.8 Å². The van der Waals surface area contributed by atoms with Crippen LogP contribution in [0.4, 0.5) is 5.69 Å². The molecule has 2 nitrogen and oxygen atoms in total. The van der Waals surface area contributed by atoms with Crippen molar-refractivity contribution in [1.29, 1.82) is 0 Å². The van der Waals surface area contributed by atoms with Crippen molar-refractivity contribution in [1.82, 2.24) is 0 Å². The third-order valence-corrected chi connectivity index (χ3v) is 2.38. The topological polar surface area (TPSA) is 32.3 Å². The van der Waals surface area contributed by atoms with Crippen LogP contribution in [0.5, 0.6) is 0 Å². The summed E-state index contributed by atoms with van der Waals surface area (Å²) in [5.41, 5.74) is 2.34. The second kappa shape index (κ2) is 5.66. The van der Waals surface area contributed by atoms with Crippen molar-refractivity contribution in [2.75, 3.05) is 11.9 Å².